The van der Waals surface area contributed by atoms with E-state index in [0.29, 0.717) is 0 Å². The minimum absolute atomic E-state index is 0.0683. The van der Waals surface area contributed by atoms with Crippen LogP contribution in [0.3, 0.4) is 0 Å². The number of para-hydroxylation sites is 1. The van der Waals surface area contributed by atoms with Crippen LogP contribution in [-0.4, -0.2) is 25.4 Å². The van der Waals surface area contributed by atoms with Crippen LogP contribution in [0.25, 0.3) is 0 Å². The highest BCUT2D eigenvalue weighted by atomic mass is 19.4. The molecule has 0 aliphatic rings. The van der Waals surface area contributed by atoms with Crippen molar-refractivity contribution >= 4 is 11.7 Å². The topological polar surface area (TPSA) is 29.5 Å². The lowest BCUT2D eigenvalue weighted by atomic mass is 10.2. The predicted octanol–water partition coefficient (Wildman–Crippen LogP) is 2.57. The van der Waals surface area contributed by atoms with E-state index in [1.165, 1.54) is 24.3 Å². The average Bonchev–Trinajstić information content (AvgIpc) is 2.27. The summed E-state index contributed by atoms with van der Waals surface area (Å²) in [7, 11) is 1.05. The standard InChI is InChI=1S/C11H12F3NO2/c1-8(10(16)17-2)15(11(12,13)14)9-6-4-3-5-7-9/h3-8H,1-2H3/t8-/m0/s1. The summed E-state index contributed by atoms with van der Waals surface area (Å²) in [6, 6.07) is 5.68. The molecule has 6 heteroatoms. The first-order valence-electron chi connectivity index (χ1n) is 4.87. The Bertz CT molecular complexity index is 378. The number of anilines is 1. The van der Waals surface area contributed by atoms with E-state index in [9.17, 15) is 18.0 Å². The zero-order chi connectivity index (χ0) is 13.1. The number of alkyl halides is 3. The highest BCUT2D eigenvalue weighted by Gasteiger charge is 2.43. The minimum atomic E-state index is -4.64. The first-order chi connectivity index (χ1) is 7.88. The second kappa shape index (κ2) is 5.07. The molecule has 0 saturated heterocycles. The smallest absolute Gasteiger partial charge is 0.467 e. The molecule has 0 aromatic heterocycles. The molecule has 0 fully saturated rings. The molecule has 0 radical (unpaired) electrons. The Morgan fingerprint density at radius 1 is 1.29 bits per heavy atom. The highest BCUT2D eigenvalue weighted by molar-refractivity contribution is 5.79. The Balaban J connectivity index is 3.10. The fourth-order valence-corrected chi connectivity index (χ4v) is 1.45. The maximum Gasteiger partial charge on any atom is 0.485 e. The second-order valence-corrected chi connectivity index (χ2v) is 3.37. The van der Waals surface area contributed by atoms with Crippen molar-refractivity contribution < 1.29 is 22.7 Å². The molecule has 0 aliphatic carbocycles. The van der Waals surface area contributed by atoms with Gasteiger partial charge in [0.05, 0.1) is 7.11 Å². The normalized spacial score (nSPS) is 13.0. The van der Waals surface area contributed by atoms with E-state index in [-0.39, 0.29) is 10.6 Å². The van der Waals surface area contributed by atoms with Gasteiger partial charge in [0.2, 0.25) is 0 Å². The molecule has 0 spiro atoms. The van der Waals surface area contributed by atoms with Crippen LogP contribution >= 0.6 is 0 Å². The lowest BCUT2D eigenvalue weighted by Gasteiger charge is -2.31. The molecule has 0 N–H and O–H groups in total. The van der Waals surface area contributed by atoms with E-state index in [4.69, 9.17) is 0 Å². The first-order valence-corrected chi connectivity index (χ1v) is 4.87. The van der Waals surface area contributed by atoms with E-state index in [2.05, 4.69) is 4.74 Å². The monoisotopic (exact) mass is 247 g/mol. The molecular formula is C11H12F3NO2. The van der Waals surface area contributed by atoms with Gasteiger partial charge in [-0.2, -0.15) is 13.2 Å². The van der Waals surface area contributed by atoms with Gasteiger partial charge in [0.1, 0.15) is 6.04 Å². The third-order valence-corrected chi connectivity index (χ3v) is 2.24. The Hall–Kier alpha value is -1.72. The number of methoxy groups -OCH3 is 1. The van der Waals surface area contributed by atoms with Gasteiger partial charge >= 0.3 is 12.3 Å². The van der Waals surface area contributed by atoms with E-state index in [1.807, 2.05) is 0 Å². The van der Waals surface area contributed by atoms with Gasteiger partial charge in [-0.15, -0.1) is 0 Å². The molecule has 1 rings (SSSR count). The third kappa shape index (κ3) is 3.12. The molecule has 1 atom stereocenters. The van der Waals surface area contributed by atoms with Gasteiger partial charge in [0.15, 0.2) is 0 Å². The SMILES string of the molecule is COC(=O)[C@H](C)N(c1ccccc1)C(F)(F)F. The van der Waals surface area contributed by atoms with Gasteiger partial charge in [-0.05, 0) is 19.1 Å². The summed E-state index contributed by atoms with van der Waals surface area (Å²) in [4.78, 5) is 11.3. The predicted molar refractivity (Wildman–Crippen MR) is 56.5 cm³/mol. The van der Waals surface area contributed by atoms with E-state index in [1.54, 1.807) is 6.07 Å². The number of halogens is 3. The van der Waals surface area contributed by atoms with Crippen molar-refractivity contribution in [2.45, 2.75) is 19.3 Å². The molecule has 1 aromatic carbocycles. The van der Waals surface area contributed by atoms with Crippen molar-refractivity contribution in [3.8, 4) is 0 Å². The van der Waals surface area contributed by atoms with E-state index >= 15 is 0 Å². The number of hydrogen-bond donors (Lipinski definition) is 0. The minimum Gasteiger partial charge on any atom is -0.467 e. The second-order valence-electron chi connectivity index (χ2n) is 3.37. The molecule has 0 heterocycles. The number of rotatable bonds is 3. The van der Waals surface area contributed by atoms with Crippen molar-refractivity contribution in [2.24, 2.45) is 0 Å². The van der Waals surface area contributed by atoms with Crippen molar-refractivity contribution in [3.63, 3.8) is 0 Å². The maximum absolute atomic E-state index is 12.9. The molecule has 1 aromatic rings. The Morgan fingerprint density at radius 3 is 2.24 bits per heavy atom. The number of benzene rings is 1. The molecule has 0 saturated carbocycles. The Morgan fingerprint density at radius 2 is 1.82 bits per heavy atom. The van der Waals surface area contributed by atoms with Crippen LogP contribution in [0.5, 0.6) is 0 Å². The Labute approximate surface area is 96.8 Å². The quantitative estimate of drug-likeness (QED) is 0.607. The van der Waals surface area contributed by atoms with Gasteiger partial charge in [-0.3, -0.25) is 4.90 Å². The maximum atomic E-state index is 12.9. The molecule has 0 amide bonds. The lowest BCUT2D eigenvalue weighted by Crippen LogP contribution is -2.48. The molecule has 94 valence electrons. The van der Waals surface area contributed by atoms with Gasteiger partial charge in [0.25, 0.3) is 0 Å². The van der Waals surface area contributed by atoms with Crippen molar-refractivity contribution in [2.75, 3.05) is 12.0 Å². The fraction of sp³-hybridized carbons (Fsp3) is 0.364. The van der Waals surface area contributed by atoms with E-state index in [0.717, 1.165) is 14.0 Å². The van der Waals surface area contributed by atoms with E-state index < -0.39 is 18.3 Å². The summed E-state index contributed by atoms with van der Waals surface area (Å²) in [5.41, 5.74) is -0.0992. The van der Waals surface area contributed by atoms with Crippen molar-refractivity contribution in [1.82, 2.24) is 0 Å². The zero-order valence-corrected chi connectivity index (χ0v) is 9.36. The van der Waals surface area contributed by atoms with Crippen LogP contribution in [0, 0.1) is 0 Å². The lowest BCUT2D eigenvalue weighted by molar-refractivity contribution is -0.155. The highest BCUT2D eigenvalue weighted by Crippen LogP contribution is 2.30. The molecule has 0 bridgehead atoms. The van der Waals surface area contributed by atoms with Crippen LogP contribution in [0.15, 0.2) is 30.3 Å². The third-order valence-electron chi connectivity index (χ3n) is 2.24. The first kappa shape index (κ1) is 13.3. The van der Waals surface area contributed by atoms with Gasteiger partial charge in [-0.25, -0.2) is 4.79 Å². The molecule has 0 aliphatic heterocycles. The van der Waals surface area contributed by atoms with Crippen molar-refractivity contribution in [1.29, 1.82) is 0 Å². The number of nitrogens with zero attached hydrogens (tertiary/aromatic N) is 1. The number of carbonyl (C=O) groups is 1. The fourth-order valence-electron chi connectivity index (χ4n) is 1.45. The largest absolute Gasteiger partial charge is 0.485 e. The number of carbonyl (C=O) groups excluding carboxylic acids is 1. The summed E-state index contributed by atoms with van der Waals surface area (Å²) in [6.07, 6.45) is -4.64. The molecule has 17 heavy (non-hydrogen) atoms. The van der Waals surface area contributed by atoms with Crippen LogP contribution in [0.1, 0.15) is 6.92 Å². The molecular weight excluding hydrogens is 235 g/mol. The van der Waals surface area contributed by atoms with Gasteiger partial charge in [0, 0.05) is 5.69 Å². The molecule has 3 nitrogen and oxygen atoms in total. The number of ether oxygens (including phenoxy) is 1. The average molecular weight is 247 g/mol. The summed E-state index contributed by atoms with van der Waals surface area (Å²) in [5, 5.41) is 0. The van der Waals surface area contributed by atoms with Crippen LogP contribution in [-0.2, 0) is 9.53 Å². The molecule has 0 unspecified atom stereocenters. The van der Waals surface area contributed by atoms with Crippen LogP contribution in [0.2, 0.25) is 0 Å². The van der Waals surface area contributed by atoms with Gasteiger partial charge in [-0.1, -0.05) is 18.2 Å². The Kier molecular flexibility index (Phi) is 3.98. The summed E-state index contributed by atoms with van der Waals surface area (Å²) in [5.74, 6) is -0.939. The van der Waals surface area contributed by atoms with Crippen LogP contribution < -0.4 is 4.90 Å². The number of esters is 1. The van der Waals surface area contributed by atoms with Gasteiger partial charge < -0.3 is 4.74 Å². The summed E-state index contributed by atoms with van der Waals surface area (Å²) >= 11 is 0. The summed E-state index contributed by atoms with van der Waals surface area (Å²) < 4.78 is 42.9. The zero-order valence-electron chi connectivity index (χ0n) is 9.36. The van der Waals surface area contributed by atoms with Crippen LogP contribution in [0.4, 0.5) is 18.9 Å². The summed E-state index contributed by atoms with van der Waals surface area (Å²) in [6.45, 7) is 1.15. The van der Waals surface area contributed by atoms with Crippen molar-refractivity contribution in [3.05, 3.63) is 30.3 Å². The number of hydrogen-bond acceptors (Lipinski definition) is 3.